The molecule has 0 heterocycles. The highest BCUT2D eigenvalue weighted by atomic mass is 16.4. The fourth-order valence-electron chi connectivity index (χ4n) is 1.91. The monoisotopic (exact) mass is 329 g/mol. The number of carbonyl (C=O) groups is 4. The van der Waals surface area contributed by atoms with Crippen LogP contribution in [0.2, 0.25) is 0 Å². The van der Waals surface area contributed by atoms with Crippen LogP contribution in [-0.4, -0.2) is 48.4 Å². The fourth-order valence-corrected chi connectivity index (χ4v) is 1.91. The Bertz CT molecular complexity index is 401. The van der Waals surface area contributed by atoms with Crippen molar-refractivity contribution in [1.82, 2.24) is 16.0 Å². The van der Waals surface area contributed by atoms with Crippen LogP contribution in [0.1, 0.15) is 46.0 Å². The van der Waals surface area contributed by atoms with E-state index in [0.29, 0.717) is 19.5 Å². The van der Waals surface area contributed by atoms with Gasteiger partial charge in [0.05, 0.1) is 6.42 Å². The van der Waals surface area contributed by atoms with Crippen LogP contribution < -0.4 is 16.0 Å². The number of amides is 3. The van der Waals surface area contributed by atoms with E-state index in [2.05, 4.69) is 16.0 Å². The summed E-state index contributed by atoms with van der Waals surface area (Å²) in [4.78, 5) is 44.1. The molecule has 0 spiro atoms. The van der Waals surface area contributed by atoms with Gasteiger partial charge in [0, 0.05) is 19.0 Å². The molecule has 8 heteroatoms. The molecule has 3 amide bonds. The molecule has 23 heavy (non-hydrogen) atoms. The number of nitrogens with one attached hydrogen (secondary N) is 3. The maximum atomic E-state index is 11.8. The molecular weight excluding hydrogens is 302 g/mol. The zero-order valence-electron chi connectivity index (χ0n) is 13.8. The lowest BCUT2D eigenvalue weighted by molar-refractivity contribution is -0.141. The maximum absolute atomic E-state index is 11.8. The Hall–Kier alpha value is -2.12. The van der Waals surface area contributed by atoms with Gasteiger partial charge in [-0.2, -0.15) is 0 Å². The lowest BCUT2D eigenvalue weighted by Crippen LogP contribution is -2.46. The van der Waals surface area contributed by atoms with Crippen molar-refractivity contribution in [2.75, 3.05) is 13.1 Å². The molecular formula is C15H27N3O5. The Balaban J connectivity index is 3.79. The van der Waals surface area contributed by atoms with Gasteiger partial charge in [0.25, 0.3) is 0 Å². The zero-order chi connectivity index (χ0) is 17.7. The highest BCUT2D eigenvalue weighted by Gasteiger charge is 2.21. The molecule has 1 unspecified atom stereocenters. The van der Waals surface area contributed by atoms with Gasteiger partial charge in [-0.1, -0.05) is 19.8 Å². The van der Waals surface area contributed by atoms with Crippen LogP contribution in [0.4, 0.5) is 0 Å². The zero-order valence-corrected chi connectivity index (χ0v) is 13.8. The van der Waals surface area contributed by atoms with Crippen LogP contribution in [0.15, 0.2) is 0 Å². The predicted molar refractivity (Wildman–Crippen MR) is 84.6 cm³/mol. The summed E-state index contributed by atoms with van der Waals surface area (Å²) in [5.41, 5.74) is 0. The predicted octanol–water partition coefficient (Wildman–Crippen LogP) is 0.0245. The fraction of sp³-hybridized carbons (Fsp3) is 0.733. The Labute approximate surface area is 136 Å². The second-order valence-corrected chi connectivity index (χ2v) is 5.51. The first-order valence-electron chi connectivity index (χ1n) is 7.85. The standard InChI is InChI=1S/C15H27N3O5/c1-11(9-13(20)21)14(22)18-12(2)15(23)17-8-6-4-3-5-7-16-10-19/h10-12H,3-9H2,1-2H3,(H,16,19)(H,17,23)(H,18,22)(H,20,21)/t11?,12-/m0/s1. The molecule has 0 aliphatic heterocycles. The maximum Gasteiger partial charge on any atom is 0.304 e. The minimum Gasteiger partial charge on any atom is -0.481 e. The van der Waals surface area contributed by atoms with Crippen LogP contribution in [0.25, 0.3) is 0 Å². The molecule has 0 rings (SSSR count). The molecule has 0 saturated heterocycles. The van der Waals surface area contributed by atoms with Gasteiger partial charge in [-0.3, -0.25) is 19.2 Å². The summed E-state index contributed by atoms with van der Waals surface area (Å²) in [6, 6.07) is -0.699. The topological polar surface area (TPSA) is 125 Å². The first-order chi connectivity index (χ1) is 10.9. The molecule has 4 N–H and O–H groups in total. The molecule has 0 aliphatic carbocycles. The Morgan fingerprint density at radius 2 is 1.61 bits per heavy atom. The van der Waals surface area contributed by atoms with Crippen molar-refractivity contribution in [2.45, 2.75) is 52.0 Å². The molecule has 0 saturated carbocycles. The van der Waals surface area contributed by atoms with E-state index in [1.807, 2.05) is 0 Å². The van der Waals surface area contributed by atoms with Gasteiger partial charge in [0.15, 0.2) is 0 Å². The third-order valence-corrected chi connectivity index (χ3v) is 3.31. The first-order valence-corrected chi connectivity index (χ1v) is 7.85. The molecule has 0 fully saturated rings. The molecule has 0 bridgehead atoms. The van der Waals surface area contributed by atoms with Crippen molar-refractivity contribution >= 4 is 24.2 Å². The summed E-state index contributed by atoms with van der Waals surface area (Å²) in [7, 11) is 0. The van der Waals surface area contributed by atoms with Crippen LogP contribution in [0.3, 0.4) is 0 Å². The number of carboxylic acids is 1. The summed E-state index contributed by atoms with van der Waals surface area (Å²) < 4.78 is 0. The van der Waals surface area contributed by atoms with E-state index >= 15 is 0 Å². The van der Waals surface area contributed by atoms with Crippen molar-refractivity contribution in [3.05, 3.63) is 0 Å². The number of unbranched alkanes of at least 4 members (excludes halogenated alkanes) is 3. The number of hydrogen-bond donors (Lipinski definition) is 4. The van der Waals surface area contributed by atoms with E-state index < -0.39 is 23.8 Å². The van der Waals surface area contributed by atoms with Crippen LogP contribution in [-0.2, 0) is 19.2 Å². The summed E-state index contributed by atoms with van der Waals surface area (Å²) in [5.74, 6) is -2.46. The molecule has 2 atom stereocenters. The quantitative estimate of drug-likeness (QED) is 0.280. The first kappa shape index (κ1) is 20.9. The van der Waals surface area contributed by atoms with Crippen LogP contribution in [0.5, 0.6) is 0 Å². The Morgan fingerprint density at radius 1 is 1.00 bits per heavy atom. The van der Waals surface area contributed by atoms with E-state index in [1.54, 1.807) is 6.92 Å². The number of carboxylic acid groups (broad SMARTS) is 1. The Kier molecular flexibility index (Phi) is 11.3. The molecule has 8 nitrogen and oxygen atoms in total. The van der Waals surface area contributed by atoms with Crippen molar-refractivity contribution in [3.63, 3.8) is 0 Å². The summed E-state index contributed by atoms with van der Waals surface area (Å²) in [5, 5.41) is 16.4. The van der Waals surface area contributed by atoms with E-state index in [9.17, 15) is 19.2 Å². The van der Waals surface area contributed by atoms with E-state index in [4.69, 9.17) is 5.11 Å². The van der Waals surface area contributed by atoms with Gasteiger partial charge in [0.2, 0.25) is 18.2 Å². The van der Waals surface area contributed by atoms with Crippen molar-refractivity contribution < 1.29 is 24.3 Å². The average molecular weight is 329 g/mol. The van der Waals surface area contributed by atoms with E-state index in [-0.39, 0.29) is 12.3 Å². The second-order valence-electron chi connectivity index (χ2n) is 5.51. The van der Waals surface area contributed by atoms with Crippen molar-refractivity contribution in [1.29, 1.82) is 0 Å². The average Bonchev–Trinajstić information content (AvgIpc) is 2.48. The largest absolute Gasteiger partial charge is 0.481 e. The van der Waals surface area contributed by atoms with E-state index in [0.717, 1.165) is 25.7 Å². The lowest BCUT2D eigenvalue weighted by Gasteiger charge is -2.16. The van der Waals surface area contributed by atoms with E-state index in [1.165, 1.54) is 6.92 Å². The number of rotatable bonds is 13. The van der Waals surface area contributed by atoms with Gasteiger partial charge in [-0.25, -0.2) is 0 Å². The molecule has 132 valence electrons. The minimum absolute atomic E-state index is 0.265. The molecule has 0 aromatic heterocycles. The molecule has 0 aliphatic rings. The lowest BCUT2D eigenvalue weighted by atomic mass is 10.1. The third-order valence-electron chi connectivity index (χ3n) is 3.31. The van der Waals surface area contributed by atoms with Crippen LogP contribution in [0, 0.1) is 5.92 Å². The highest BCUT2D eigenvalue weighted by molar-refractivity contribution is 5.89. The SMILES string of the molecule is CC(CC(=O)O)C(=O)N[C@@H](C)C(=O)NCCCCCCNC=O. The molecule has 0 radical (unpaired) electrons. The summed E-state index contributed by atoms with van der Waals surface area (Å²) >= 11 is 0. The normalized spacial score (nSPS) is 12.8. The molecule has 0 aromatic carbocycles. The van der Waals surface area contributed by atoms with Crippen molar-refractivity contribution in [3.8, 4) is 0 Å². The third kappa shape index (κ3) is 11.1. The second kappa shape index (κ2) is 12.4. The number of carbonyl (C=O) groups excluding carboxylic acids is 3. The van der Waals surface area contributed by atoms with Gasteiger partial charge < -0.3 is 21.1 Å². The van der Waals surface area contributed by atoms with Crippen molar-refractivity contribution in [2.24, 2.45) is 5.92 Å². The summed E-state index contributed by atoms with van der Waals surface area (Å²) in [6.07, 6.45) is 4.04. The summed E-state index contributed by atoms with van der Waals surface area (Å²) in [6.45, 7) is 4.25. The van der Waals surface area contributed by atoms with Crippen LogP contribution >= 0.6 is 0 Å². The Morgan fingerprint density at radius 3 is 2.17 bits per heavy atom. The van der Waals surface area contributed by atoms with Gasteiger partial charge in [0.1, 0.15) is 6.04 Å². The smallest absolute Gasteiger partial charge is 0.304 e. The van der Waals surface area contributed by atoms with Gasteiger partial charge in [-0.05, 0) is 19.8 Å². The van der Waals surface area contributed by atoms with Gasteiger partial charge in [-0.15, -0.1) is 0 Å². The minimum atomic E-state index is -1.05. The van der Waals surface area contributed by atoms with Gasteiger partial charge >= 0.3 is 5.97 Å². The number of aliphatic carboxylic acids is 1. The highest BCUT2D eigenvalue weighted by Crippen LogP contribution is 2.02. The number of hydrogen-bond acceptors (Lipinski definition) is 4. The molecule has 0 aromatic rings.